The summed E-state index contributed by atoms with van der Waals surface area (Å²) in [7, 11) is 0. The Bertz CT molecular complexity index is 939. The van der Waals surface area contributed by atoms with Crippen LogP contribution >= 0.6 is 11.6 Å². The van der Waals surface area contributed by atoms with Gasteiger partial charge < -0.3 is 10.6 Å². The number of hydrogen-bond acceptors (Lipinski definition) is 2. The fourth-order valence-corrected chi connectivity index (χ4v) is 3.00. The van der Waals surface area contributed by atoms with Crippen LogP contribution in [0.3, 0.4) is 0 Å². The Morgan fingerprint density at radius 2 is 1.46 bits per heavy atom. The average molecular weight is 393 g/mol. The molecule has 3 aromatic carbocycles. The van der Waals surface area contributed by atoms with Crippen molar-refractivity contribution in [3.8, 4) is 0 Å². The first kappa shape index (κ1) is 19.6. The van der Waals surface area contributed by atoms with Crippen molar-refractivity contribution in [1.82, 2.24) is 10.6 Å². The minimum absolute atomic E-state index is 0.0875. The third kappa shape index (κ3) is 5.21. The monoisotopic (exact) mass is 392 g/mol. The van der Waals surface area contributed by atoms with Crippen molar-refractivity contribution in [3.05, 3.63) is 106 Å². The van der Waals surface area contributed by atoms with Crippen molar-refractivity contribution in [3.63, 3.8) is 0 Å². The van der Waals surface area contributed by atoms with E-state index in [2.05, 4.69) is 10.6 Å². The highest BCUT2D eigenvalue weighted by atomic mass is 35.5. The van der Waals surface area contributed by atoms with E-state index in [1.807, 2.05) is 66.7 Å². The Morgan fingerprint density at radius 3 is 2.07 bits per heavy atom. The Kier molecular flexibility index (Phi) is 6.45. The molecule has 3 rings (SSSR count). The van der Waals surface area contributed by atoms with Gasteiger partial charge in [0.05, 0.1) is 6.04 Å². The summed E-state index contributed by atoms with van der Waals surface area (Å²) in [4.78, 5) is 23.9. The fraction of sp³-hybridized carbons (Fsp3) is 0.130. The molecule has 0 saturated heterocycles. The molecular weight excluding hydrogens is 372 g/mol. The van der Waals surface area contributed by atoms with Crippen LogP contribution < -0.4 is 10.6 Å². The molecule has 5 heteroatoms. The maximum absolute atomic E-state index is 12.8. The first-order valence-corrected chi connectivity index (χ1v) is 9.35. The van der Waals surface area contributed by atoms with Crippen LogP contribution in [0, 0.1) is 0 Å². The molecule has 0 saturated carbocycles. The van der Waals surface area contributed by atoms with Crippen molar-refractivity contribution < 1.29 is 9.59 Å². The van der Waals surface area contributed by atoms with Crippen molar-refractivity contribution in [2.24, 2.45) is 0 Å². The van der Waals surface area contributed by atoms with Gasteiger partial charge in [-0.25, -0.2) is 0 Å². The summed E-state index contributed by atoms with van der Waals surface area (Å²) in [5, 5.41) is 6.49. The predicted molar refractivity (Wildman–Crippen MR) is 111 cm³/mol. The van der Waals surface area contributed by atoms with Gasteiger partial charge in [-0.3, -0.25) is 9.59 Å². The molecule has 0 bridgehead atoms. The number of carbonyl (C=O) groups is 2. The van der Waals surface area contributed by atoms with Crippen molar-refractivity contribution >= 4 is 23.4 Å². The first-order valence-electron chi connectivity index (χ1n) is 8.97. The van der Waals surface area contributed by atoms with E-state index in [0.717, 1.165) is 16.7 Å². The van der Waals surface area contributed by atoms with Crippen LogP contribution in [0.1, 0.15) is 40.0 Å². The maximum atomic E-state index is 12.8. The molecule has 0 aliphatic heterocycles. The highest BCUT2D eigenvalue weighted by molar-refractivity contribution is 6.30. The Balaban J connectivity index is 1.79. The predicted octanol–water partition coefficient (Wildman–Crippen LogP) is 4.50. The molecule has 3 aromatic rings. The quantitative estimate of drug-likeness (QED) is 0.649. The van der Waals surface area contributed by atoms with E-state index in [9.17, 15) is 9.59 Å². The summed E-state index contributed by atoms with van der Waals surface area (Å²) in [6.45, 7) is 1.91. The Morgan fingerprint density at radius 1 is 0.857 bits per heavy atom. The van der Waals surface area contributed by atoms with Crippen molar-refractivity contribution in [1.29, 1.82) is 0 Å². The summed E-state index contributed by atoms with van der Waals surface area (Å²) >= 11 is 6.01. The first-order chi connectivity index (χ1) is 13.5. The van der Waals surface area contributed by atoms with Crippen LogP contribution in [0.15, 0.2) is 78.9 Å². The summed E-state index contributed by atoms with van der Waals surface area (Å²) in [5.74, 6) is -0.259. The molecule has 0 aromatic heterocycles. The lowest BCUT2D eigenvalue weighted by Crippen LogP contribution is -2.29. The van der Waals surface area contributed by atoms with Gasteiger partial charge in [0, 0.05) is 24.1 Å². The number of amides is 2. The summed E-state index contributed by atoms with van der Waals surface area (Å²) in [6, 6.07) is 24.2. The lowest BCUT2D eigenvalue weighted by atomic mass is 9.98. The molecule has 4 nitrogen and oxygen atoms in total. The third-order valence-electron chi connectivity index (χ3n) is 4.37. The number of hydrogen-bond donors (Lipinski definition) is 2. The van der Waals surface area contributed by atoms with Gasteiger partial charge in [-0.2, -0.15) is 0 Å². The fourth-order valence-electron chi connectivity index (χ4n) is 2.87. The van der Waals surface area contributed by atoms with Gasteiger partial charge in [0.15, 0.2) is 0 Å². The largest absolute Gasteiger partial charge is 0.352 e. The van der Waals surface area contributed by atoms with Gasteiger partial charge in [0.2, 0.25) is 5.91 Å². The molecule has 1 atom stereocenters. The summed E-state index contributed by atoms with van der Waals surface area (Å²) < 4.78 is 0. The second-order valence-corrected chi connectivity index (χ2v) is 6.91. The highest BCUT2D eigenvalue weighted by Gasteiger charge is 2.17. The minimum atomic E-state index is -0.287. The molecule has 28 heavy (non-hydrogen) atoms. The highest BCUT2D eigenvalue weighted by Crippen LogP contribution is 2.24. The minimum Gasteiger partial charge on any atom is -0.352 e. The molecule has 0 aliphatic carbocycles. The van der Waals surface area contributed by atoms with E-state index in [0.29, 0.717) is 17.1 Å². The zero-order valence-corrected chi connectivity index (χ0v) is 16.2. The number of rotatable bonds is 6. The van der Waals surface area contributed by atoms with Gasteiger partial charge in [-0.1, -0.05) is 66.2 Å². The lowest BCUT2D eigenvalue weighted by Gasteiger charge is -2.20. The number of nitrogens with one attached hydrogen (secondary N) is 2. The smallest absolute Gasteiger partial charge is 0.252 e. The van der Waals surface area contributed by atoms with Gasteiger partial charge in [0.25, 0.3) is 5.91 Å². The Hall–Kier alpha value is -3.11. The van der Waals surface area contributed by atoms with Crippen LogP contribution in [-0.4, -0.2) is 11.8 Å². The second kappa shape index (κ2) is 9.20. The van der Waals surface area contributed by atoms with Gasteiger partial charge in [-0.05, 0) is 41.0 Å². The molecule has 0 aliphatic rings. The van der Waals surface area contributed by atoms with Gasteiger partial charge >= 0.3 is 0 Å². The molecular formula is C23H21ClN2O2. The van der Waals surface area contributed by atoms with Crippen LogP contribution in [0.2, 0.25) is 5.02 Å². The van der Waals surface area contributed by atoms with Crippen molar-refractivity contribution in [2.45, 2.75) is 19.5 Å². The lowest BCUT2D eigenvalue weighted by molar-refractivity contribution is -0.119. The summed E-state index contributed by atoms with van der Waals surface area (Å²) in [6.07, 6.45) is 0. The van der Waals surface area contributed by atoms with Crippen LogP contribution in [-0.2, 0) is 11.3 Å². The van der Waals surface area contributed by atoms with E-state index >= 15 is 0 Å². The van der Waals surface area contributed by atoms with Gasteiger partial charge in [-0.15, -0.1) is 0 Å². The van der Waals surface area contributed by atoms with E-state index in [4.69, 9.17) is 11.6 Å². The van der Waals surface area contributed by atoms with Crippen molar-refractivity contribution in [2.75, 3.05) is 0 Å². The van der Waals surface area contributed by atoms with E-state index < -0.39 is 0 Å². The van der Waals surface area contributed by atoms with Crippen LogP contribution in [0.5, 0.6) is 0 Å². The normalized spacial score (nSPS) is 11.5. The summed E-state index contributed by atoms with van der Waals surface area (Å²) in [5.41, 5.74) is 3.43. The molecule has 0 spiro atoms. The number of halogens is 1. The number of benzene rings is 3. The average Bonchev–Trinajstić information content (AvgIpc) is 2.72. The van der Waals surface area contributed by atoms with Crippen LogP contribution in [0.4, 0.5) is 0 Å². The standard InChI is InChI=1S/C23H21ClN2O2/c1-16(27)25-15-17-7-9-20(10-8-17)23(28)26-22(18-5-3-2-4-6-18)19-11-13-21(24)14-12-19/h2-14,22H,15H2,1H3,(H,25,27)(H,26,28)/t22-/m1/s1. The molecule has 0 fully saturated rings. The topological polar surface area (TPSA) is 58.2 Å². The van der Waals surface area contributed by atoms with E-state index in [1.165, 1.54) is 6.92 Å². The van der Waals surface area contributed by atoms with E-state index in [1.54, 1.807) is 12.1 Å². The molecule has 0 radical (unpaired) electrons. The zero-order valence-electron chi connectivity index (χ0n) is 15.5. The molecule has 2 amide bonds. The molecule has 0 unspecified atom stereocenters. The SMILES string of the molecule is CC(=O)NCc1ccc(C(=O)N[C@H](c2ccccc2)c2ccc(Cl)cc2)cc1. The van der Waals surface area contributed by atoms with Crippen LogP contribution in [0.25, 0.3) is 0 Å². The number of carbonyl (C=O) groups excluding carboxylic acids is 2. The zero-order chi connectivity index (χ0) is 19.9. The maximum Gasteiger partial charge on any atom is 0.252 e. The van der Waals surface area contributed by atoms with Gasteiger partial charge in [0.1, 0.15) is 0 Å². The molecule has 0 heterocycles. The molecule has 2 N–H and O–H groups in total. The second-order valence-electron chi connectivity index (χ2n) is 6.48. The Labute approximate surface area is 169 Å². The molecule has 142 valence electrons. The van der Waals surface area contributed by atoms with E-state index in [-0.39, 0.29) is 17.9 Å². The third-order valence-corrected chi connectivity index (χ3v) is 4.62.